The smallest absolute Gasteiger partial charge is 0.316 e. The van der Waals surface area contributed by atoms with Gasteiger partial charge < -0.3 is 10.1 Å². The summed E-state index contributed by atoms with van der Waals surface area (Å²) in [5.41, 5.74) is 1.43. The maximum atomic E-state index is 12.1. The van der Waals surface area contributed by atoms with Crippen molar-refractivity contribution in [1.29, 1.82) is 0 Å². The van der Waals surface area contributed by atoms with Crippen molar-refractivity contribution in [2.75, 3.05) is 12.4 Å². The molecule has 4 nitrogen and oxygen atoms in total. The maximum absolute atomic E-state index is 12.1. The minimum absolute atomic E-state index is 0.132. The summed E-state index contributed by atoms with van der Waals surface area (Å²) in [5.74, 6) is -1.61. The molecular formula is C15H15Cl2NO3. The van der Waals surface area contributed by atoms with Crippen molar-refractivity contribution in [1.82, 2.24) is 0 Å². The molecule has 0 saturated heterocycles. The molecule has 1 aliphatic carbocycles. The molecule has 0 heterocycles. The number of anilines is 1. The summed E-state index contributed by atoms with van der Waals surface area (Å²) >= 11 is 11.9. The predicted octanol–water partition coefficient (Wildman–Crippen LogP) is 3.69. The fourth-order valence-electron chi connectivity index (χ4n) is 2.44. The molecule has 0 saturated carbocycles. The number of carbonyl (C=O) groups excluding carboxylic acids is 2. The molecule has 2 atom stereocenters. The van der Waals surface area contributed by atoms with Crippen LogP contribution < -0.4 is 5.32 Å². The molecule has 0 spiro atoms. The van der Waals surface area contributed by atoms with Gasteiger partial charge in [0.2, 0.25) is 0 Å². The Hall–Kier alpha value is -1.52. The van der Waals surface area contributed by atoms with E-state index in [0.717, 1.165) is 5.70 Å². The Labute approximate surface area is 133 Å². The Balaban J connectivity index is 2.19. The molecular weight excluding hydrogens is 313 g/mol. The van der Waals surface area contributed by atoms with E-state index in [1.54, 1.807) is 18.2 Å². The lowest BCUT2D eigenvalue weighted by Crippen LogP contribution is -2.34. The van der Waals surface area contributed by atoms with E-state index in [0.29, 0.717) is 22.2 Å². The monoisotopic (exact) mass is 327 g/mol. The number of esters is 1. The molecule has 0 aromatic heterocycles. The number of nitrogens with one attached hydrogen (secondary N) is 1. The van der Waals surface area contributed by atoms with E-state index in [-0.39, 0.29) is 11.7 Å². The van der Waals surface area contributed by atoms with E-state index in [2.05, 4.69) is 10.1 Å². The highest BCUT2D eigenvalue weighted by Crippen LogP contribution is 2.30. The Morgan fingerprint density at radius 1 is 1.29 bits per heavy atom. The van der Waals surface area contributed by atoms with Gasteiger partial charge in [0.1, 0.15) is 5.92 Å². The van der Waals surface area contributed by atoms with Gasteiger partial charge in [0.25, 0.3) is 0 Å². The number of ketones is 1. The molecule has 21 heavy (non-hydrogen) atoms. The Morgan fingerprint density at radius 3 is 2.43 bits per heavy atom. The molecule has 112 valence electrons. The van der Waals surface area contributed by atoms with Crippen LogP contribution in [-0.2, 0) is 14.3 Å². The minimum atomic E-state index is -0.733. The lowest BCUT2D eigenvalue weighted by molar-refractivity contribution is -0.150. The first-order valence-corrected chi connectivity index (χ1v) is 7.21. The van der Waals surface area contributed by atoms with Crippen LogP contribution in [0.25, 0.3) is 0 Å². The molecule has 0 radical (unpaired) electrons. The van der Waals surface area contributed by atoms with E-state index < -0.39 is 11.9 Å². The van der Waals surface area contributed by atoms with Crippen molar-refractivity contribution in [3.8, 4) is 0 Å². The first-order valence-electron chi connectivity index (χ1n) is 6.46. The Morgan fingerprint density at radius 2 is 1.90 bits per heavy atom. The molecule has 0 bridgehead atoms. The number of methoxy groups -OCH3 is 1. The van der Waals surface area contributed by atoms with Crippen LogP contribution in [0.4, 0.5) is 5.69 Å². The van der Waals surface area contributed by atoms with Gasteiger partial charge in [-0.15, -0.1) is 0 Å². The van der Waals surface area contributed by atoms with E-state index in [4.69, 9.17) is 23.2 Å². The second kappa shape index (κ2) is 6.50. The van der Waals surface area contributed by atoms with Crippen molar-refractivity contribution in [2.24, 2.45) is 11.8 Å². The summed E-state index contributed by atoms with van der Waals surface area (Å²) in [6.45, 7) is 1.85. The van der Waals surface area contributed by atoms with Gasteiger partial charge in [0, 0.05) is 27.5 Å². The molecule has 0 aliphatic heterocycles. The first kappa shape index (κ1) is 15.9. The lowest BCUT2D eigenvalue weighted by Gasteiger charge is -2.26. The van der Waals surface area contributed by atoms with Crippen LogP contribution >= 0.6 is 23.2 Å². The van der Waals surface area contributed by atoms with Crippen LogP contribution in [-0.4, -0.2) is 18.9 Å². The number of allylic oxidation sites excluding steroid dienone is 2. The number of rotatable bonds is 3. The summed E-state index contributed by atoms with van der Waals surface area (Å²) in [6, 6.07) is 5.07. The van der Waals surface area contributed by atoms with Crippen LogP contribution in [0.1, 0.15) is 13.3 Å². The highest BCUT2D eigenvalue weighted by molar-refractivity contribution is 6.35. The normalized spacial score (nSPS) is 21.7. The third kappa shape index (κ3) is 3.77. The van der Waals surface area contributed by atoms with Crippen molar-refractivity contribution >= 4 is 40.6 Å². The van der Waals surface area contributed by atoms with Gasteiger partial charge in [0.05, 0.1) is 7.11 Å². The van der Waals surface area contributed by atoms with Crippen LogP contribution in [0.15, 0.2) is 30.0 Å². The van der Waals surface area contributed by atoms with Gasteiger partial charge in [-0.1, -0.05) is 30.1 Å². The fourth-order valence-corrected chi connectivity index (χ4v) is 2.97. The zero-order chi connectivity index (χ0) is 15.6. The average Bonchev–Trinajstić information content (AvgIpc) is 2.36. The highest BCUT2D eigenvalue weighted by atomic mass is 35.5. The Bertz CT molecular complexity index is 593. The number of halogens is 2. The number of carbonyl (C=O) groups is 2. The first-order chi connectivity index (χ1) is 9.90. The molecule has 1 N–H and O–H groups in total. The van der Waals surface area contributed by atoms with Gasteiger partial charge in [-0.25, -0.2) is 0 Å². The van der Waals surface area contributed by atoms with Crippen molar-refractivity contribution in [3.63, 3.8) is 0 Å². The molecule has 2 rings (SSSR count). The summed E-state index contributed by atoms with van der Waals surface area (Å²) in [4.78, 5) is 23.7. The number of hydrogen-bond donors (Lipinski definition) is 1. The molecule has 1 aliphatic rings. The van der Waals surface area contributed by atoms with Crippen LogP contribution in [0.2, 0.25) is 10.0 Å². The van der Waals surface area contributed by atoms with Gasteiger partial charge in [-0.05, 0) is 30.5 Å². The molecule has 1 aromatic rings. The maximum Gasteiger partial charge on any atom is 0.316 e. The SMILES string of the molecule is COC(=O)[C@@H]1C(=O)C=C(Nc2cc(Cl)cc(Cl)c2)C[C@H]1C. The van der Waals surface area contributed by atoms with E-state index in [1.165, 1.54) is 13.2 Å². The van der Waals surface area contributed by atoms with Crippen LogP contribution in [0.3, 0.4) is 0 Å². The molecule has 0 amide bonds. The standard InChI is InChI=1S/C15H15Cl2NO3/c1-8-3-11(7-13(19)14(8)15(20)21-2)18-12-5-9(16)4-10(17)6-12/h4-8,14,18H,3H2,1-2H3/t8-,14+/m1/s1. The second-order valence-corrected chi connectivity index (χ2v) is 5.91. The highest BCUT2D eigenvalue weighted by Gasteiger charge is 2.35. The molecule has 0 unspecified atom stereocenters. The minimum Gasteiger partial charge on any atom is -0.468 e. The fraction of sp³-hybridized carbons (Fsp3) is 0.333. The number of benzene rings is 1. The predicted molar refractivity (Wildman–Crippen MR) is 82.5 cm³/mol. The third-order valence-electron chi connectivity index (χ3n) is 3.36. The molecule has 6 heteroatoms. The number of hydrogen-bond acceptors (Lipinski definition) is 4. The van der Waals surface area contributed by atoms with Gasteiger partial charge in [-0.3, -0.25) is 9.59 Å². The molecule has 0 fully saturated rings. The van der Waals surface area contributed by atoms with E-state index in [1.807, 2.05) is 6.92 Å². The molecule has 1 aromatic carbocycles. The van der Waals surface area contributed by atoms with E-state index >= 15 is 0 Å². The second-order valence-electron chi connectivity index (χ2n) is 5.04. The lowest BCUT2D eigenvalue weighted by atomic mass is 9.82. The largest absolute Gasteiger partial charge is 0.468 e. The van der Waals surface area contributed by atoms with Gasteiger partial charge in [0.15, 0.2) is 5.78 Å². The Kier molecular flexibility index (Phi) is 4.91. The quantitative estimate of drug-likeness (QED) is 0.679. The van der Waals surface area contributed by atoms with Crippen molar-refractivity contribution in [3.05, 3.63) is 40.0 Å². The van der Waals surface area contributed by atoms with E-state index in [9.17, 15) is 9.59 Å². The van der Waals surface area contributed by atoms with Crippen LogP contribution in [0, 0.1) is 11.8 Å². The summed E-state index contributed by atoms with van der Waals surface area (Å²) in [6.07, 6.45) is 2.01. The summed E-state index contributed by atoms with van der Waals surface area (Å²) in [5, 5.41) is 4.14. The average molecular weight is 328 g/mol. The van der Waals surface area contributed by atoms with Crippen LogP contribution in [0.5, 0.6) is 0 Å². The zero-order valence-corrected chi connectivity index (χ0v) is 13.2. The summed E-state index contributed by atoms with van der Waals surface area (Å²) < 4.78 is 4.67. The van der Waals surface area contributed by atoms with Gasteiger partial charge >= 0.3 is 5.97 Å². The zero-order valence-electron chi connectivity index (χ0n) is 11.7. The summed E-state index contributed by atoms with van der Waals surface area (Å²) in [7, 11) is 1.29. The number of ether oxygens (including phenoxy) is 1. The van der Waals surface area contributed by atoms with Gasteiger partial charge in [-0.2, -0.15) is 0 Å². The van der Waals surface area contributed by atoms with Crippen molar-refractivity contribution < 1.29 is 14.3 Å². The topological polar surface area (TPSA) is 55.4 Å². The third-order valence-corrected chi connectivity index (χ3v) is 3.79. The van der Waals surface area contributed by atoms with Crippen molar-refractivity contribution in [2.45, 2.75) is 13.3 Å².